The number of sulfone groups is 1. The van der Waals surface area contributed by atoms with Gasteiger partial charge in [0.05, 0.1) is 17.6 Å². The summed E-state index contributed by atoms with van der Waals surface area (Å²) in [6.45, 7) is 0.539. The highest BCUT2D eigenvalue weighted by molar-refractivity contribution is 7.89. The second kappa shape index (κ2) is 8.60. The summed E-state index contributed by atoms with van der Waals surface area (Å²) >= 11 is 0. The van der Waals surface area contributed by atoms with Crippen LogP contribution in [0, 0.1) is 5.82 Å². The Kier molecular flexibility index (Phi) is 6.17. The number of hydrogen-bond acceptors (Lipinski definition) is 5. The molecule has 2 aromatic carbocycles. The molecule has 3 aromatic rings. The first-order chi connectivity index (χ1) is 13.7. The maximum atomic E-state index is 12.9. The van der Waals surface area contributed by atoms with Gasteiger partial charge in [-0.3, -0.25) is 4.79 Å². The van der Waals surface area contributed by atoms with Crippen LogP contribution in [0.2, 0.25) is 0 Å². The van der Waals surface area contributed by atoms with E-state index in [0.29, 0.717) is 29.2 Å². The lowest BCUT2D eigenvalue weighted by Crippen LogP contribution is -2.34. The van der Waals surface area contributed by atoms with Crippen LogP contribution < -0.4 is 4.74 Å². The predicted octanol–water partition coefficient (Wildman–Crippen LogP) is 2.26. The van der Waals surface area contributed by atoms with E-state index in [-0.39, 0.29) is 30.6 Å². The van der Waals surface area contributed by atoms with E-state index in [4.69, 9.17) is 4.74 Å². The van der Waals surface area contributed by atoms with E-state index in [2.05, 4.69) is 4.98 Å². The van der Waals surface area contributed by atoms with Gasteiger partial charge < -0.3 is 14.2 Å². The Morgan fingerprint density at radius 1 is 1.17 bits per heavy atom. The van der Waals surface area contributed by atoms with Gasteiger partial charge in [0.25, 0.3) is 0 Å². The van der Waals surface area contributed by atoms with Gasteiger partial charge in [0, 0.05) is 13.3 Å². The minimum Gasteiger partial charge on any atom is -0.492 e. The van der Waals surface area contributed by atoms with Crippen LogP contribution in [0.3, 0.4) is 0 Å². The Bertz CT molecular complexity index is 1110. The van der Waals surface area contributed by atoms with Crippen molar-refractivity contribution in [1.29, 1.82) is 0 Å². The van der Waals surface area contributed by atoms with Crippen LogP contribution in [0.5, 0.6) is 5.75 Å². The van der Waals surface area contributed by atoms with Crippen molar-refractivity contribution in [2.75, 3.05) is 26.5 Å². The van der Waals surface area contributed by atoms with Gasteiger partial charge in [-0.25, -0.2) is 17.8 Å². The van der Waals surface area contributed by atoms with Crippen LogP contribution in [0.25, 0.3) is 11.0 Å². The molecule has 0 aliphatic heterocycles. The van der Waals surface area contributed by atoms with Crippen molar-refractivity contribution in [1.82, 2.24) is 14.5 Å². The Morgan fingerprint density at radius 3 is 2.55 bits per heavy atom. The number of hydrogen-bond donors (Lipinski definition) is 0. The smallest absolute Gasteiger partial charge is 0.242 e. The fourth-order valence-electron chi connectivity index (χ4n) is 2.86. The molecule has 0 unspecified atom stereocenters. The van der Waals surface area contributed by atoms with Crippen molar-refractivity contribution in [2.45, 2.75) is 12.3 Å². The number of imidazole rings is 1. The third-order valence-electron chi connectivity index (χ3n) is 4.35. The monoisotopic (exact) mass is 419 g/mol. The summed E-state index contributed by atoms with van der Waals surface area (Å²) in [5.41, 5.74) is 1.34. The Morgan fingerprint density at radius 2 is 1.86 bits per heavy atom. The Balaban J connectivity index is 1.68. The van der Waals surface area contributed by atoms with Crippen LogP contribution in [-0.2, 0) is 26.9 Å². The normalized spacial score (nSPS) is 11.6. The Labute approximate surface area is 168 Å². The number of likely N-dealkylation sites (N-methyl/N-ethyl adjacent to an activating group) is 1. The number of carbonyl (C=O) groups excluding carboxylic acids is 1. The van der Waals surface area contributed by atoms with E-state index in [9.17, 15) is 17.6 Å². The molecule has 0 aliphatic carbocycles. The number of rotatable bonds is 8. The summed E-state index contributed by atoms with van der Waals surface area (Å²) in [5.74, 6) is 0.0563. The first kappa shape index (κ1) is 20.8. The summed E-state index contributed by atoms with van der Waals surface area (Å²) in [4.78, 5) is 18.6. The molecule has 3 rings (SSSR count). The van der Waals surface area contributed by atoms with Crippen LogP contribution in [0.15, 0.2) is 48.5 Å². The quantitative estimate of drug-likeness (QED) is 0.559. The summed E-state index contributed by atoms with van der Waals surface area (Å²) in [6.07, 6.45) is 1.14. The number of fused-ring (bicyclic) bond motifs is 1. The molecule has 0 aliphatic rings. The van der Waals surface area contributed by atoms with Crippen LogP contribution in [0.4, 0.5) is 4.39 Å². The predicted molar refractivity (Wildman–Crippen MR) is 108 cm³/mol. The van der Waals surface area contributed by atoms with Crippen molar-refractivity contribution in [3.63, 3.8) is 0 Å². The number of halogens is 1. The first-order valence-electron chi connectivity index (χ1n) is 8.97. The summed E-state index contributed by atoms with van der Waals surface area (Å²) < 4.78 is 43.6. The van der Waals surface area contributed by atoms with Crippen LogP contribution in [0.1, 0.15) is 5.82 Å². The van der Waals surface area contributed by atoms with Gasteiger partial charge in [-0.2, -0.15) is 0 Å². The molecular formula is C20H22FN3O4S. The average Bonchev–Trinajstić information content (AvgIpc) is 2.98. The van der Waals surface area contributed by atoms with Crippen molar-refractivity contribution in [2.24, 2.45) is 0 Å². The second-order valence-corrected chi connectivity index (χ2v) is 8.93. The molecule has 9 heteroatoms. The molecule has 1 amide bonds. The van der Waals surface area contributed by atoms with Gasteiger partial charge in [0.15, 0.2) is 9.84 Å². The van der Waals surface area contributed by atoms with Gasteiger partial charge in [-0.05, 0) is 36.4 Å². The summed E-state index contributed by atoms with van der Waals surface area (Å²) in [6, 6.07) is 12.9. The van der Waals surface area contributed by atoms with Gasteiger partial charge in [0.1, 0.15) is 36.3 Å². The van der Waals surface area contributed by atoms with E-state index in [0.717, 1.165) is 6.26 Å². The fourth-order valence-corrected chi connectivity index (χ4v) is 3.55. The number of aromatic nitrogens is 2. The molecule has 1 heterocycles. The largest absolute Gasteiger partial charge is 0.492 e. The van der Waals surface area contributed by atoms with Gasteiger partial charge in [-0.1, -0.05) is 12.1 Å². The Hall–Kier alpha value is -2.94. The molecule has 0 N–H and O–H groups in total. The zero-order valence-electron chi connectivity index (χ0n) is 16.2. The lowest BCUT2D eigenvalue weighted by Gasteiger charge is -2.19. The lowest BCUT2D eigenvalue weighted by molar-refractivity contribution is -0.130. The number of amides is 1. The van der Waals surface area contributed by atoms with Crippen LogP contribution >= 0.6 is 0 Å². The first-order valence-corrected chi connectivity index (χ1v) is 11.0. The molecule has 0 saturated heterocycles. The molecule has 7 nitrogen and oxygen atoms in total. The van der Waals surface area contributed by atoms with Crippen molar-refractivity contribution in [3.8, 4) is 5.75 Å². The number of ether oxygens (including phenoxy) is 1. The SMILES string of the molecule is CN(CCOc1ccc(F)cc1)C(=O)Cn1c(CS(C)(=O)=O)nc2ccccc21. The number of benzene rings is 2. The van der Waals surface area contributed by atoms with E-state index < -0.39 is 9.84 Å². The molecule has 1 aromatic heterocycles. The number of carbonyl (C=O) groups is 1. The maximum Gasteiger partial charge on any atom is 0.242 e. The standard InChI is InChI=1S/C20H22FN3O4S/c1-23(11-12-28-16-9-7-15(21)8-10-16)20(25)13-24-18-6-4-3-5-17(18)22-19(24)14-29(2,26)27/h3-10H,11-14H2,1-2H3. The molecule has 0 bridgehead atoms. The maximum absolute atomic E-state index is 12.9. The molecular weight excluding hydrogens is 397 g/mol. The highest BCUT2D eigenvalue weighted by atomic mass is 32.2. The average molecular weight is 419 g/mol. The highest BCUT2D eigenvalue weighted by Crippen LogP contribution is 2.18. The molecule has 0 atom stereocenters. The van der Waals surface area contributed by atoms with Crippen molar-refractivity contribution >= 4 is 26.8 Å². The number of para-hydroxylation sites is 2. The second-order valence-electron chi connectivity index (χ2n) is 6.79. The summed E-state index contributed by atoms with van der Waals surface area (Å²) in [7, 11) is -1.66. The molecule has 154 valence electrons. The minimum atomic E-state index is -3.31. The number of nitrogens with zero attached hydrogens (tertiary/aromatic N) is 3. The molecule has 0 spiro atoms. The zero-order chi connectivity index (χ0) is 21.0. The van der Waals surface area contributed by atoms with Gasteiger partial charge >= 0.3 is 0 Å². The van der Waals surface area contributed by atoms with Crippen LogP contribution in [-0.4, -0.2) is 55.2 Å². The molecule has 0 saturated carbocycles. The van der Waals surface area contributed by atoms with Crippen molar-refractivity contribution in [3.05, 3.63) is 60.2 Å². The van der Waals surface area contributed by atoms with E-state index >= 15 is 0 Å². The van der Waals surface area contributed by atoms with E-state index in [1.165, 1.54) is 29.2 Å². The lowest BCUT2D eigenvalue weighted by atomic mass is 10.3. The van der Waals surface area contributed by atoms with Gasteiger partial charge in [0.2, 0.25) is 5.91 Å². The summed E-state index contributed by atoms with van der Waals surface area (Å²) in [5, 5.41) is 0. The van der Waals surface area contributed by atoms with Crippen molar-refractivity contribution < 1.29 is 22.3 Å². The van der Waals surface area contributed by atoms with Gasteiger partial charge in [-0.15, -0.1) is 0 Å². The molecule has 0 radical (unpaired) electrons. The third-order valence-corrected chi connectivity index (χ3v) is 5.14. The fraction of sp³-hybridized carbons (Fsp3) is 0.300. The molecule has 0 fully saturated rings. The highest BCUT2D eigenvalue weighted by Gasteiger charge is 2.18. The van der Waals surface area contributed by atoms with E-state index in [1.807, 2.05) is 12.1 Å². The molecule has 29 heavy (non-hydrogen) atoms. The van der Waals surface area contributed by atoms with E-state index in [1.54, 1.807) is 23.7 Å². The minimum absolute atomic E-state index is 0.0294. The third kappa shape index (κ3) is 5.54. The topological polar surface area (TPSA) is 81.5 Å². The zero-order valence-corrected chi connectivity index (χ0v) is 17.0.